The van der Waals surface area contributed by atoms with Crippen LogP contribution in [-0.4, -0.2) is 11.1 Å². The molecule has 0 amide bonds. The fraction of sp³-hybridized carbons (Fsp3) is 0.375. The van der Waals surface area contributed by atoms with Crippen molar-refractivity contribution in [1.29, 1.82) is 0 Å². The quantitative estimate of drug-likeness (QED) is 0.441. The minimum atomic E-state index is 0.0648. The lowest BCUT2D eigenvalue weighted by atomic mass is 10.3. The first-order chi connectivity index (χ1) is 4.66. The molecule has 0 saturated heterocycles. The minimum Gasteiger partial charge on any atom is -0.262 e. The van der Waals surface area contributed by atoms with Crippen LogP contribution in [0.15, 0.2) is 29.9 Å². The third-order valence-corrected chi connectivity index (χ3v) is 1.04. The van der Waals surface area contributed by atoms with Crippen LogP contribution in [0.1, 0.15) is 13.8 Å². The Morgan fingerprint density at radius 3 is 2.70 bits per heavy atom. The number of halogens is 1. The second-order valence-corrected chi connectivity index (χ2v) is 2.68. The summed E-state index contributed by atoms with van der Waals surface area (Å²) >= 11 is 5.65. The average molecular weight is 158 g/mol. The Kier molecular flexibility index (Phi) is 4.95. The molecule has 1 atom stereocenters. The number of nitrogens with zero attached hydrogens (tertiary/aromatic N) is 1. The van der Waals surface area contributed by atoms with Crippen LogP contribution in [0.5, 0.6) is 0 Å². The SMILES string of the molecule is C=CN=C(C)/C=C\C(C)Cl. The molecule has 0 heterocycles. The van der Waals surface area contributed by atoms with Crippen LogP contribution < -0.4 is 0 Å². The molecule has 56 valence electrons. The Balaban J connectivity index is 3.88. The highest BCUT2D eigenvalue weighted by Crippen LogP contribution is 1.95. The summed E-state index contributed by atoms with van der Waals surface area (Å²) in [6, 6.07) is 0. The second-order valence-electron chi connectivity index (χ2n) is 1.99. The van der Waals surface area contributed by atoms with E-state index in [1.807, 2.05) is 26.0 Å². The predicted molar refractivity (Wildman–Crippen MR) is 47.8 cm³/mol. The first-order valence-electron chi connectivity index (χ1n) is 3.14. The number of hydrogen-bond donors (Lipinski definition) is 0. The summed E-state index contributed by atoms with van der Waals surface area (Å²) in [4.78, 5) is 3.93. The summed E-state index contributed by atoms with van der Waals surface area (Å²) in [6.07, 6.45) is 5.27. The Morgan fingerprint density at radius 1 is 1.70 bits per heavy atom. The zero-order valence-corrected chi connectivity index (χ0v) is 7.10. The van der Waals surface area contributed by atoms with Gasteiger partial charge < -0.3 is 0 Å². The molecular formula is C8H12ClN. The monoisotopic (exact) mass is 157 g/mol. The highest BCUT2D eigenvalue weighted by molar-refractivity contribution is 6.21. The van der Waals surface area contributed by atoms with E-state index in [9.17, 15) is 0 Å². The van der Waals surface area contributed by atoms with E-state index in [0.717, 1.165) is 5.71 Å². The Labute approximate surface area is 67.1 Å². The summed E-state index contributed by atoms with van der Waals surface area (Å²) in [5.74, 6) is 0. The van der Waals surface area contributed by atoms with E-state index in [4.69, 9.17) is 11.6 Å². The summed E-state index contributed by atoms with van der Waals surface area (Å²) in [5, 5.41) is 0.0648. The molecule has 1 nitrogen and oxygen atoms in total. The third kappa shape index (κ3) is 5.57. The molecule has 0 aliphatic carbocycles. The van der Waals surface area contributed by atoms with E-state index in [1.54, 1.807) is 0 Å². The average Bonchev–Trinajstić information content (AvgIpc) is 1.85. The van der Waals surface area contributed by atoms with Gasteiger partial charge in [-0.2, -0.15) is 0 Å². The summed E-state index contributed by atoms with van der Waals surface area (Å²) in [6.45, 7) is 7.28. The van der Waals surface area contributed by atoms with Crippen LogP contribution in [0.25, 0.3) is 0 Å². The topological polar surface area (TPSA) is 12.4 Å². The van der Waals surface area contributed by atoms with Crippen molar-refractivity contribution in [2.24, 2.45) is 4.99 Å². The molecule has 0 rings (SSSR count). The van der Waals surface area contributed by atoms with Crippen LogP contribution in [0.2, 0.25) is 0 Å². The van der Waals surface area contributed by atoms with Gasteiger partial charge in [-0.3, -0.25) is 4.99 Å². The van der Waals surface area contributed by atoms with Gasteiger partial charge in [0.2, 0.25) is 0 Å². The first-order valence-corrected chi connectivity index (χ1v) is 3.58. The Hall–Kier alpha value is -0.560. The molecule has 0 fully saturated rings. The lowest BCUT2D eigenvalue weighted by Crippen LogP contribution is -1.86. The Morgan fingerprint density at radius 2 is 2.30 bits per heavy atom. The third-order valence-electron chi connectivity index (χ3n) is 0.898. The highest BCUT2D eigenvalue weighted by atomic mass is 35.5. The molecule has 0 aromatic heterocycles. The van der Waals surface area contributed by atoms with Gasteiger partial charge in [0.15, 0.2) is 0 Å². The zero-order chi connectivity index (χ0) is 7.98. The van der Waals surface area contributed by atoms with Crippen molar-refractivity contribution in [3.05, 3.63) is 24.9 Å². The van der Waals surface area contributed by atoms with Gasteiger partial charge >= 0.3 is 0 Å². The van der Waals surface area contributed by atoms with Gasteiger partial charge in [-0.05, 0) is 19.9 Å². The zero-order valence-electron chi connectivity index (χ0n) is 6.34. The van der Waals surface area contributed by atoms with Gasteiger partial charge in [-0.1, -0.05) is 12.7 Å². The molecule has 0 aromatic carbocycles. The van der Waals surface area contributed by atoms with Crippen molar-refractivity contribution in [3.8, 4) is 0 Å². The van der Waals surface area contributed by atoms with E-state index >= 15 is 0 Å². The van der Waals surface area contributed by atoms with Crippen LogP contribution in [0.3, 0.4) is 0 Å². The van der Waals surface area contributed by atoms with E-state index in [0.29, 0.717) is 0 Å². The second kappa shape index (κ2) is 5.24. The van der Waals surface area contributed by atoms with E-state index < -0.39 is 0 Å². The van der Waals surface area contributed by atoms with Crippen molar-refractivity contribution in [3.63, 3.8) is 0 Å². The van der Waals surface area contributed by atoms with E-state index in [1.165, 1.54) is 6.20 Å². The van der Waals surface area contributed by atoms with Gasteiger partial charge in [0.1, 0.15) is 0 Å². The lowest BCUT2D eigenvalue weighted by molar-refractivity contribution is 1.23. The molecule has 0 N–H and O–H groups in total. The molecule has 0 aromatic rings. The van der Waals surface area contributed by atoms with Gasteiger partial charge in [0.05, 0.1) is 0 Å². The number of allylic oxidation sites excluding steroid dienone is 2. The van der Waals surface area contributed by atoms with Crippen LogP contribution in [-0.2, 0) is 0 Å². The number of rotatable bonds is 3. The summed E-state index contributed by atoms with van der Waals surface area (Å²) < 4.78 is 0. The van der Waals surface area contributed by atoms with Crippen molar-refractivity contribution in [2.45, 2.75) is 19.2 Å². The fourth-order valence-corrected chi connectivity index (χ4v) is 0.532. The van der Waals surface area contributed by atoms with Gasteiger partial charge in [0, 0.05) is 17.3 Å². The van der Waals surface area contributed by atoms with Crippen molar-refractivity contribution >= 4 is 17.3 Å². The Bertz CT molecular complexity index is 157. The van der Waals surface area contributed by atoms with E-state index in [-0.39, 0.29) is 5.38 Å². The number of alkyl halides is 1. The van der Waals surface area contributed by atoms with E-state index in [2.05, 4.69) is 11.6 Å². The smallest absolute Gasteiger partial charge is 0.0491 e. The normalized spacial score (nSPS) is 15.7. The molecule has 0 saturated carbocycles. The molecule has 0 bridgehead atoms. The first kappa shape index (κ1) is 9.44. The maximum absolute atomic E-state index is 5.65. The van der Waals surface area contributed by atoms with Gasteiger partial charge in [-0.25, -0.2) is 0 Å². The van der Waals surface area contributed by atoms with Gasteiger partial charge in [0.25, 0.3) is 0 Å². The van der Waals surface area contributed by atoms with Crippen molar-refractivity contribution in [1.82, 2.24) is 0 Å². The molecule has 0 spiro atoms. The van der Waals surface area contributed by atoms with Crippen LogP contribution >= 0.6 is 11.6 Å². The van der Waals surface area contributed by atoms with Crippen LogP contribution in [0, 0.1) is 0 Å². The number of aliphatic imine (C=N–C) groups is 1. The summed E-state index contributed by atoms with van der Waals surface area (Å²) in [5.41, 5.74) is 0.919. The summed E-state index contributed by atoms with van der Waals surface area (Å²) in [7, 11) is 0. The standard InChI is InChI=1S/C8H12ClN/c1-4-10-8(3)6-5-7(2)9/h4-7H,1H2,2-3H3/b6-5-,10-8?. The predicted octanol–water partition coefficient (Wildman–Crippen LogP) is 2.77. The molecule has 0 radical (unpaired) electrons. The molecule has 10 heavy (non-hydrogen) atoms. The molecule has 1 unspecified atom stereocenters. The minimum absolute atomic E-state index is 0.0648. The number of hydrogen-bond acceptors (Lipinski definition) is 1. The molecule has 0 aliphatic rings. The molecule has 0 aliphatic heterocycles. The molecular weight excluding hydrogens is 146 g/mol. The fourth-order valence-electron chi connectivity index (χ4n) is 0.459. The lowest BCUT2D eigenvalue weighted by Gasteiger charge is -1.90. The maximum Gasteiger partial charge on any atom is 0.0491 e. The van der Waals surface area contributed by atoms with Gasteiger partial charge in [-0.15, -0.1) is 11.6 Å². The molecule has 2 heteroatoms. The van der Waals surface area contributed by atoms with Crippen molar-refractivity contribution in [2.75, 3.05) is 0 Å². The van der Waals surface area contributed by atoms with Crippen LogP contribution in [0.4, 0.5) is 0 Å². The largest absolute Gasteiger partial charge is 0.262 e. The van der Waals surface area contributed by atoms with Crippen molar-refractivity contribution < 1.29 is 0 Å². The maximum atomic E-state index is 5.65. The highest BCUT2D eigenvalue weighted by Gasteiger charge is 1.85.